The summed E-state index contributed by atoms with van der Waals surface area (Å²) in [5.74, 6) is 0.00118. The van der Waals surface area contributed by atoms with E-state index >= 15 is 0 Å². The van der Waals surface area contributed by atoms with Crippen molar-refractivity contribution in [2.24, 2.45) is 11.0 Å². The Hall–Kier alpha value is -3.15. The van der Waals surface area contributed by atoms with Crippen LogP contribution in [-0.2, 0) is 9.59 Å². The molecule has 0 spiro atoms. The van der Waals surface area contributed by atoms with Crippen molar-refractivity contribution in [2.45, 2.75) is 20.3 Å². The zero-order valence-electron chi connectivity index (χ0n) is 15.7. The van der Waals surface area contributed by atoms with Gasteiger partial charge in [-0.3, -0.25) is 9.59 Å². The highest BCUT2D eigenvalue weighted by atomic mass is 16.5. The van der Waals surface area contributed by atoms with Gasteiger partial charge in [0.2, 0.25) is 11.8 Å². The monoisotopic (exact) mass is 365 g/mol. The maximum atomic E-state index is 12.4. The van der Waals surface area contributed by atoms with Crippen LogP contribution >= 0.6 is 0 Å². The molecular weight excluding hydrogens is 342 g/mol. The highest BCUT2D eigenvalue weighted by Crippen LogP contribution is 2.26. The normalized spacial score (nSPS) is 16.8. The number of hydrogen-bond acceptors (Lipinski definition) is 4. The van der Waals surface area contributed by atoms with E-state index in [4.69, 9.17) is 4.74 Å². The van der Waals surface area contributed by atoms with Crippen molar-refractivity contribution in [3.05, 3.63) is 59.2 Å². The average Bonchev–Trinajstić information content (AvgIpc) is 3.06. The van der Waals surface area contributed by atoms with Crippen molar-refractivity contribution in [3.8, 4) is 5.75 Å². The Balaban J connectivity index is 1.61. The highest BCUT2D eigenvalue weighted by Gasteiger charge is 2.35. The van der Waals surface area contributed by atoms with Crippen LogP contribution in [0.2, 0.25) is 0 Å². The van der Waals surface area contributed by atoms with E-state index in [2.05, 4.69) is 10.5 Å². The summed E-state index contributed by atoms with van der Waals surface area (Å²) >= 11 is 0. The minimum absolute atomic E-state index is 0.0461. The lowest BCUT2D eigenvalue weighted by molar-refractivity contribution is -0.126. The van der Waals surface area contributed by atoms with Gasteiger partial charge in [-0.25, -0.2) is 5.43 Å². The van der Waals surface area contributed by atoms with Crippen molar-refractivity contribution in [3.63, 3.8) is 0 Å². The zero-order chi connectivity index (χ0) is 19.4. The summed E-state index contributed by atoms with van der Waals surface area (Å²) in [7, 11) is 1.59. The first-order valence-corrected chi connectivity index (χ1v) is 8.82. The summed E-state index contributed by atoms with van der Waals surface area (Å²) < 4.78 is 5.15. The number of ether oxygens (including phenoxy) is 1. The number of anilines is 1. The van der Waals surface area contributed by atoms with E-state index in [1.807, 2.05) is 56.3 Å². The Morgan fingerprint density at radius 3 is 2.78 bits per heavy atom. The number of carbonyl (C=O) groups is 2. The summed E-state index contributed by atoms with van der Waals surface area (Å²) in [5.41, 5.74) is 6.47. The highest BCUT2D eigenvalue weighted by molar-refractivity contribution is 6.00. The van der Waals surface area contributed by atoms with Crippen LogP contribution in [-0.4, -0.2) is 31.7 Å². The summed E-state index contributed by atoms with van der Waals surface area (Å²) in [6, 6.07) is 13.2. The number of amides is 2. The molecule has 1 heterocycles. The van der Waals surface area contributed by atoms with Gasteiger partial charge < -0.3 is 9.64 Å². The number of nitrogens with one attached hydrogen (secondary N) is 1. The number of hydrogen-bond donors (Lipinski definition) is 1. The van der Waals surface area contributed by atoms with Crippen LogP contribution in [0.3, 0.4) is 0 Å². The van der Waals surface area contributed by atoms with Crippen LogP contribution in [0.5, 0.6) is 5.75 Å². The third-order valence-electron chi connectivity index (χ3n) is 4.78. The minimum atomic E-state index is -0.415. The van der Waals surface area contributed by atoms with Gasteiger partial charge in [0.05, 0.1) is 19.2 Å². The molecule has 140 valence electrons. The Bertz CT molecular complexity index is 892. The van der Waals surface area contributed by atoms with Gasteiger partial charge in [-0.1, -0.05) is 18.2 Å². The molecule has 27 heavy (non-hydrogen) atoms. The van der Waals surface area contributed by atoms with E-state index in [0.717, 1.165) is 22.6 Å². The molecule has 1 aliphatic rings. The molecule has 3 rings (SSSR count). The van der Waals surface area contributed by atoms with Crippen LogP contribution in [0.4, 0.5) is 5.69 Å². The Morgan fingerprint density at radius 2 is 2.04 bits per heavy atom. The number of methoxy groups -OCH3 is 1. The van der Waals surface area contributed by atoms with Gasteiger partial charge in [0.25, 0.3) is 0 Å². The van der Waals surface area contributed by atoms with Crippen molar-refractivity contribution < 1.29 is 14.3 Å². The lowest BCUT2D eigenvalue weighted by atomic mass is 10.1. The second kappa shape index (κ2) is 8.03. The zero-order valence-corrected chi connectivity index (χ0v) is 15.7. The molecule has 0 bridgehead atoms. The van der Waals surface area contributed by atoms with Gasteiger partial charge in [0, 0.05) is 18.7 Å². The number of aryl methyl sites for hydroxylation is 2. The molecule has 0 saturated carbocycles. The SMILES string of the molecule is COc1cccc(/C=N\NC(=O)[C@@H]2CC(=O)N(c3ccc(C)c(C)c3)C2)c1. The second-order valence-electron chi connectivity index (χ2n) is 6.68. The lowest BCUT2D eigenvalue weighted by Crippen LogP contribution is -2.30. The number of hydrazone groups is 1. The van der Waals surface area contributed by atoms with Gasteiger partial charge in [0.1, 0.15) is 5.75 Å². The molecule has 1 aliphatic heterocycles. The van der Waals surface area contributed by atoms with E-state index < -0.39 is 5.92 Å². The molecule has 0 radical (unpaired) electrons. The summed E-state index contributed by atoms with van der Waals surface area (Å²) in [5, 5.41) is 4.00. The second-order valence-corrected chi connectivity index (χ2v) is 6.68. The number of benzene rings is 2. The minimum Gasteiger partial charge on any atom is -0.497 e. The fourth-order valence-electron chi connectivity index (χ4n) is 3.01. The molecule has 1 fully saturated rings. The largest absolute Gasteiger partial charge is 0.497 e. The van der Waals surface area contributed by atoms with E-state index in [1.54, 1.807) is 18.2 Å². The van der Waals surface area contributed by atoms with Gasteiger partial charge in [0.15, 0.2) is 0 Å². The van der Waals surface area contributed by atoms with Crippen LogP contribution < -0.4 is 15.1 Å². The lowest BCUT2D eigenvalue weighted by Gasteiger charge is -2.17. The van der Waals surface area contributed by atoms with Crippen LogP contribution in [0, 0.1) is 19.8 Å². The molecule has 0 aromatic heterocycles. The molecule has 2 aromatic rings. The summed E-state index contributed by atoms with van der Waals surface area (Å²) in [6.07, 6.45) is 1.74. The standard InChI is InChI=1S/C21H23N3O3/c1-14-7-8-18(9-15(14)2)24-13-17(11-20(24)25)21(26)23-22-12-16-5-4-6-19(10-16)27-3/h4-10,12,17H,11,13H2,1-3H3,(H,23,26)/b22-12-/t17-/m1/s1. The first kappa shape index (κ1) is 18.6. The summed E-state index contributed by atoms with van der Waals surface area (Å²) in [6.45, 7) is 4.40. The molecule has 2 amide bonds. The van der Waals surface area contributed by atoms with E-state index in [9.17, 15) is 9.59 Å². The Labute approximate surface area is 158 Å². The van der Waals surface area contributed by atoms with E-state index in [-0.39, 0.29) is 18.2 Å². The predicted molar refractivity (Wildman–Crippen MR) is 105 cm³/mol. The predicted octanol–water partition coefficient (Wildman–Crippen LogP) is 2.82. The van der Waals surface area contributed by atoms with Gasteiger partial charge in [-0.15, -0.1) is 0 Å². The van der Waals surface area contributed by atoms with Crippen LogP contribution in [0.1, 0.15) is 23.1 Å². The van der Waals surface area contributed by atoms with Gasteiger partial charge in [-0.05, 0) is 54.8 Å². The average molecular weight is 365 g/mol. The van der Waals surface area contributed by atoms with Crippen molar-refractivity contribution in [1.82, 2.24) is 5.43 Å². The van der Waals surface area contributed by atoms with Gasteiger partial charge in [-0.2, -0.15) is 5.10 Å². The van der Waals surface area contributed by atoms with Crippen LogP contribution in [0.25, 0.3) is 0 Å². The first-order chi connectivity index (χ1) is 13.0. The van der Waals surface area contributed by atoms with Crippen molar-refractivity contribution in [2.75, 3.05) is 18.6 Å². The molecule has 0 unspecified atom stereocenters. The van der Waals surface area contributed by atoms with Crippen molar-refractivity contribution in [1.29, 1.82) is 0 Å². The van der Waals surface area contributed by atoms with Crippen molar-refractivity contribution >= 4 is 23.7 Å². The molecule has 1 N–H and O–H groups in total. The van der Waals surface area contributed by atoms with Crippen LogP contribution in [0.15, 0.2) is 47.6 Å². The van der Waals surface area contributed by atoms with E-state index in [1.165, 1.54) is 5.56 Å². The molecule has 6 heteroatoms. The number of rotatable bonds is 5. The maximum absolute atomic E-state index is 12.4. The molecule has 0 aliphatic carbocycles. The molecule has 2 aromatic carbocycles. The molecular formula is C21H23N3O3. The van der Waals surface area contributed by atoms with Gasteiger partial charge >= 0.3 is 0 Å². The maximum Gasteiger partial charge on any atom is 0.245 e. The number of nitrogens with zero attached hydrogens (tertiary/aromatic N) is 2. The first-order valence-electron chi connectivity index (χ1n) is 8.82. The molecule has 6 nitrogen and oxygen atoms in total. The summed E-state index contributed by atoms with van der Waals surface area (Å²) in [4.78, 5) is 26.4. The Kier molecular flexibility index (Phi) is 5.54. The molecule has 1 saturated heterocycles. The third kappa shape index (κ3) is 4.34. The Morgan fingerprint density at radius 1 is 1.22 bits per heavy atom. The quantitative estimate of drug-likeness (QED) is 0.654. The fraction of sp³-hybridized carbons (Fsp3) is 0.286. The third-order valence-corrected chi connectivity index (χ3v) is 4.78. The molecule has 1 atom stereocenters. The van der Waals surface area contributed by atoms with E-state index in [0.29, 0.717) is 6.54 Å². The number of carbonyl (C=O) groups excluding carboxylic acids is 2. The topological polar surface area (TPSA) is 71.0 Å². The smallest absolute Gasteiger partial charge is 0.245 e. The fourth-order valence-corrected chi connectivity index (χ4v) is 3.01.